The molecule has 3 aromatic rings. The van der Waals surface area contributed by atoms with E-state index in [-0.39, 0.29) is 34.6 Å². The normalized spacial score (nSPS) is 12.1. The monoisotopic (exact) mass is 369 g/mol. The first kappa shape index (κ1) is 18.4. The number of rotatable bonds is 4. The molecule has 1 N–H and O–H groups in total. The van der Waals surface area contributed by atoms with E-state index in [0.29, 0.717) is 5.52 Å². The predicted octanol–water partition coefficient (Wildman–Crippen LogP) is 2.20. The largest absolute Gasteiger partial charge is 0.507 e. The highest BCUT2D eigenvalue weighted by molar-refractivity contribution is 5.80. The molecule has 3 rings (SSSR count). The van der Waals surface area contributed by atoms with Crippen molar-refractivity contribution in [2.75, 3.05) is 7.11 Å². The molecule has 7 heteroatoms. The van der Waals surface area contributed by atoms with Gasteiger partial charge in [-0.25, -0.2) is 4.79 Å². The van der Waals surface area contributed by atoms with Crippen LogP contribution in [0.2, 0.25) is 0 Å². The van der Waals surface area contributed by atoms with Crippen LogP contribution in [0.4, 0.5) is 0 Å². The average molecular weight is 369 g/mol. The van der Waals surface area contributed by atoms with Gasteiger partial charge in [0.2, 0.25) is 0 Å². The number of fused-ring (bicyclic) bond motifs is 1. The van der Waals surface area contributed by atoms with Crippen molar-refractivity contribution in [1.82, 2.24) is 4.57 Å². The number of ether oxygens (including phenoxy) is 1. The molecule has 1 aromatic carbocycles. The number of pyridine rings is 1. The van der Waals surface area contributed by atoms with Crippen LogP contribution in [0.15, 0.2) is 50.4 Å². The molecular formula is C20H19NO6. The van der Waals surface area contributed by atoms with Crippen molar-refractivity contribution < 1.29 is 19.1 Å². The fraction of sp³-hybridized carbons (Fsp3) is 0.250. The van der Waals surface area contributed by atoms with Gasteiger partial charge < -0.3 is 18.8 Å². The van der Waals surface area contributed by atoms with Crippen molar-refractivity contribution in [3.8, 4) is 5.75 Å². The van der Waals surface area contributed by atoms with Gasteiger partial charge in [0.25, 0.3) is 5.56 Å². The van der Waals surface area contributed by atoms with Gasteiger partial charge in [-0.05, 0) is 24.4 Å². The Bertz CT molecular complexity index is 1140. The smallest absolute Gasteiger partial charge is 0.343 e. The Labute approximate surface area is 154 Å². The van der Waals surface area contributed by atoms with Crippen LogP contribution in [-0.2, 0) is 16.6 Å². The molecule has 0 bridgehead atoms. The van der Waals surface area contributed by atoms with Crippen molar-refractivity contribution in [1.29, 1.82) is 0 Å². The van der Waals surface area contributed by atoms with E-state index in [1.807, 2.05) is 18.2 Å². The number of para-hydroxylation sites is 1. The molecule has 140 valence electrons. The van der Waals surface area contributed by atoms with Crippen LogP contribution in [0.25, 0.3) is 10.9 Å². The molecule has 0 aliphatic heterocycles. The average Bonchev–Trinajstić information content (AvgIpc) is 2.63. The van der Waals surface area contributed by atoms with Gasteiger partial charge in [0.05, 0.1) is 24.6 Å². The Morgan fingerprint density at radius 1 is 1.26 bits per heavy atom. The van der Waals surface area contributed by atoms with Crippen LogP contribution in [0, 0.1) is 6.92 Å². The molecule has 0 aliphatic carbocycles. The highest BCUT2D eigenvalue weighted by Crippen LogP contribution is 2.32. The van der Waals surface area contributed by atoms with E-state index in [2.05, 4.69) is 0 Å². The van der Waals surface area contributed by atoms with E-state index >= 15 is 0 Å². The molecule has 0 spiro atoms. The molecule has 0 amide bonds. The van der Waals surface area contributed by atoms with Crippen molar-refractivity contribution >= 4 is 16.9 Å². The van der Waals surface area contributed by atoms with E-state index in [1.54, 1.807) is 19.2 Å². The van der Waals surface area contributed by atoms with E-state index in [9.17, 15) is 19.5 Å². The first-order chi connectivity index (χ1) is 12.8. The SMILES string of the molecule is COC(=O)C[C@@H](c1c(O)cc(C)oc1=O)c1cc2ccccc2n(C)c1=O. The lowest BCUT2D eigenvalue weighted by Crippen LogP contribution is -2.27. The van der Waals surface area contributed by atoms with Gasteiger partial charge in [0, 0.05) is 24.6 Å². The zero-order valence-corrected chi connectivity index (χ0v) is 15.2. The molecule has 0 fully saturated rings. The number of aromatic nitrogens is 1. The number of benzene rings is 1. The molecule has 2 aromatic heterocycles. The van der Waals surface area contributed by atoms with Gasteiger partial charge >= 0.3 is 11.6 Å². The summed E-state index contributed by atoms with van der Waals surface area (Å²) >= 11 is 0. The lowest BCUT2D eigenvalue weighted by atomic mass is 9.88. The number of hydrogen-bond acceptors (Lipinski definition) is 6. The van der Waals surface area contributed by atoms with Crippen molar-refractivity contribution in [2.45, 2.75) is 19.3 Å². The molecule has 7 nitrogen and oxygen atoms in total. The third-order valence-corrected chi connectivity index (χ3v) is 4.57. The number of nitrogens with zero attached hydrogens (tertiary/aromatic N) is 1. The van der Waals surface area contributed by atoms with E-state index in [0.717, 1.165) is 5.39 Å². The van der Waals surface area contributed by atoms with E-state index < -0.39 is 17.5 Å². The maximum Gasteiger partial charge on any atom is 0.343 e. The summed E-state index contributed by atoms with van der Waals surface area (Å²) in [5.74, 6) is -1.72. The van der Waals surface area contributed by atoms with Crippen molar-refractivity contribution in [3.63, 3.8) is 0 Å². The third kappa shape index (κ3) is 3.36. The second-order valence-electron chi connectivity index (χ2n) is 6.30. The zero-order chi connectivity index (χ0) is 19.7. The summed E-state index contributed by atoms with van der Waals surface area (Å²) in [5, 5.41) is 11.1. The van der Waals surface area contributed by atoms with E-state index in [1.165, 1.54) is 24.7 Å². The Hall–Kier alpha value is -3.35. The van der Waals surface area contributed by atoms with Crippen LogP contribution >= 0.6 is 0 Å². The summed E-state index contributed by atoms with van der Waals surface area (Å²) in [5.41, 5.74) is -0.395. The minimum Gasteiger partial charge on any atom is -0.507 e. The van der Waals surface area contributed by atoms with Crippen LogP contribution in [0.1, 0.15) is 29.2 Å². The number of aromatic hydroxyl groups is 1. The van der Waals surface area contributed by atoms with Crippen LogP contribution in [0.3, 0.4) is 0 Å². The van der Waals surface area contributed by atoms with Crippen LogP contribution in [-0.4, -0.2) is 22.8 Å². The highest BCUT2D eigenvalue weighted by atomic mass is 16.5. The summed E-state index contributed by atoms with van der Waals surface area (Å²) in [6, 6.07) is 10.2. The molecule has 0 radical (unpaired) electrons. The summed E-state index contributed by atoms with van der Waals surface area (Å²) in [6.07, 6.45) is -0.286. The first-order valence-electron chi connectivity index (χ1n) is 8.32. The topological polar surface area (TPSA) is 98.7 Å². The van der Waals surface area contributed by atoms with Gasteiger partial charge in [0.1, 0.15) is 11.5 Å². The molecule has 2 heterocycles. The number of hydrogen-bond donors (Lipinski definition) is 1. The number of carbonyl (C=O) groups is 1. The number of esters is 1. The van der Waals surface area contributed by atoms with Gasteiger partial charge in [-0.15, -0.1) is 0 Å². The zero-order valence-electron chi connectivity index (χ0n) is 15.2. The quantitative estimate of drug-likeness (QED) is 0.708. The van der Waals surface area contributed by atoms with Crippen molar-refractivity contribution in [2.24, 2.45) is 7.05 Å². The van der Waals surface area contributed by atoms with E-state index in [4.69, 9.17) is 9.15 Å². The summed E-state index contributed by atoms with van der Waals surface area (Å²) in [4.78, 5) is 37.3. The predicted molar refractivity (Wildman–Crippen MR) is 99.0 cm³/mol. The fourth-order valence-electron chi connectivity index (χ4n) is 3.24. The van der Waals surface area contributed by atoms with Gasteiger partial charge in [0.15, 0.2) is 0 Å². The Morgan fingerprint density at radius 2 is 1.96 bits per heavy atom. The van der Waals surface area contributed by atoms with Crippen LogP contribution < -0.4 is 11.2 Å². The highest BCUT2D eigenvalue weighted by Gasteiger charge is 2.29. The third-order valence-electron chi connectivity index (χ3n) is 4.57. The number of methoxy groups -OCH3 is 1. The number of carbonyl (C=O) groups excluding carboxylic acids is 1. The van der Waals surface area contributed by atoms with Crippen molar-refractivity contribution in [3.05, 3.63) is 74.1 Å². The van der Waals surface area contributed by atoms with Gasteiger partial charge in [-0.3, -0.25) is 9.59 Å². The molecule has 27 heavy (non-hydrogen) atoms. The van der Waals surface area contributed by atoms with Crippen LogP contribution in [0.5, 0.6) is 5.75 Å². The Kier molecular flexibility index (Phi) is 4.85. The molecule has 0 unspecified atom stereocenters. The van der Waals surface area contributed by atoms with Gasteiger partial charge in [-0.2, -0.15) is 0 Å². The molecule has 0 aliphatic rings. The fourth-order valence-corrected chi connectivity index (χ4v) is 3.24. The standard InChI is InChI=1S/C20H19NO6/c1-11-8-16(22)18(20(25)27-11)13(10-17(23)26-3)14-9-12-6-4-5-7-15(12)21(2)19(14)24/h4-9,13,22H,10H2,1-3H3/t13-/m1/s1. The lowest BCUT2D eigenvalue weighted by Gasteiger charge is -2.18. The Balaban J connectivity index is 2.32. The maximum absolute atomic E-state index is 13.0. The summed E-state index contributed by atoms with van der Waals surface area (Å²) < 4.78 is 11.3. The molecular weight excluding hydrogens is 350 g/mol. The minimum atomic E-state index is -1.00. The minimum absolute atomic E-state index is 0.140. The first-order valence-corrected chi connectivity index (χ1v) is 8.32. The molecule has 0 saturated heterocycles. The lowest BCUT2D eigenvalue weighted by molar-refractivity contribution is -0.140. The summed E-state index contributed by atoms with van der Waals surface area (Å²) in [7, 11) is 2.83. The number of aryl methyl sites for hydroxylation is 2. The Morgan fingerprint density at radius 3 is 2.63 bits per heavy atom. The molecule has 1 atom stereocenters. The second kappa shape index (κ2) is 7.11. The van der Waals surface area contributed by atoms with Gasteiger partial charge in [-0.1, -0.05) is 18.2 Å². The second-order valence-corrected chi connectivity index (χ2v) is 6.30. The summed E-state index contributed by atoms with van der Waals surface area (Å²) in [6.45, 7) is 1.52. The molecule has 0 saturated carbocycles. The maximum atomic E-state index is 13.0.